The molecule has 0 radical (unpaired) electrons. The van der Waals surface area contributed by atoms with Crippen LogP contribution in [0.15, 0.2) is 18.2 Å². The number of nitrogens with one attached hydrogen (secondary N) is 1. The van der Waals surface area contributed by atoms with Crippen LogP contribution in [0.25, 0.3) is 0 Å². The zero-order chi connectivity index (χ0) is 11.0. The maximum atomic E-state index is 5.76. The van der Waals surface area contributed by atoms with Gasteiger partial charge in [-0.3, -0.25) is 0 Å². The normalized spacial score (nSPS) is 24.6. The van der Waals surface area contributed by atoms with E-state index in [-0.39, 0.29) is 0 Å². The van der Waals surface area contributed by atoms with E-state index in [1.54, 1.807) is 0 Å². The summed E-state index contributed by atoms with van der Waals surface area (Å²) in [5, 5.41) is 3.43. The maximum absolute atomic E-state index is 5.76. The third kappa shape index (κ3) is 1.70. The number of fused-ring (bicyclic) bond motifs is 3. The van der Waals surface area contributed by atoms with E-state index in [4.69, 9.17) is 4.74 Å². The van der Waals surface area contributed by atoms with Gasteiger partial charge in [0.15, 0.2) is 0 Å². The Kier molecular flexibility index (Phi) is 2.58. The fraction of sp³-hybridized carbons (Fsp3) is 0.538. The van der Waals surface area contributed by atoms with Crippen molar-refractivity contribution in [3.05, 3.63) is 29.3 Å². The van der Waals surface area contributed by atoms with Crippen LogP contribution in [-0.4, -0.2) is 32.3 Å². The Balaban J connectivity index is 2.00. The van der Waals surface area contributed by atoms with Crippen LogP contribution in [0.2, 0.25) is 0 Å². The number of nitrogens with zero attached hydrogens (tertiary/aromatic N) is 1. The molecule has 0 bridgehead atoms. The van der Waals surface area contributed by atoms with E-state index in [2.05, 4.69) is 35.3 Å². The van der Waals surface area contributed by atoms with Crippen molar-refractivity contribution in [2.75, 3.05) is 31.1 Å². The molecule has 2 aliphatic heterocycles. The van der Waals surface area contributed by atoms with Gasteiger partial charge in [0.1, 0.15) is 0 Å². The van der Waals surface area contributed by atoms with E-state index >= 15 is 0 Å². The van der Waals surface area contributed by atoms with Crippen molar-refractivity contribution in [3.63, 3.8) is 0 Å². The lowest BCUT2D eigenvalue weighted by Crippen LogP contribution is -2.53. The number of piperazine rings is 1. The molecule has 86 valence electrons. The second-order valence-electron chi connectivity index (χ2n) is 4.70. The standard InChI is InChI=1S/C13H18N2O/c1-10-2-3-13-11(6-10)8-16-9-12-7-14-4-5-15(12)13/h2-3,6,12,14H,4-5,7-9H2,1H3. The average molecular weight is 218 g/mol. The summed E-state index contributed by atoms with van der Waals surface area (Å²) in [7, 11) is 0. The Bertz CT molecular complexity index is 392. The molecule has 1 fully saturated rings. The van der Waals surface area contributed by atoms with Gasteiger partial charge in [0.2, 0.25) is 0 Å². The fourth-order valence-corrected chi connectivity index (χ4v) is 2.64. The van der Waals surface area contributed by atoms with Crippen molar-refractivity contribution in [3.8, 4) is 0 Å². The first-order valence-electron chi connectivity index (χ1n) is 5.99. The van der Waals surface area contributed by atoms with Gasteiger partial charge in [-0.1, -0.05) is 17.7 Å². The van der Waals surface area contributed by atoms with Gasteiger partial charge in [-0.15, -0.1) is 0 Å². The monoisotopic (exact) mass is 218 g/mol. The molecule has 1 aromatic rings. The summed E-state index contributed by atoms with van der Waals surface area (Å²) in [5.41, 5.74) is 4.02. The molecule has 0 spiro atoms. The minimum Gasteiger partial charge on any atom is -0.375 e. The molecule has 1 atom stereocenters. The van der Waals surface area contributed by atoms with Gasteiger partial charge < -0.3 is 15.0 Å². The van der Waals surface area contributed by atoms with E-state index in [1.165, 1.54) is 16.8 Å². The fourth-order valence-electron chi connectivity index (χ4n) is 2.64. The Morgan fingerprint density at radius 3 is 3.31 bits per heavy atom. The topological polar surface area (TPSA) is 24.5 Å². The third-order valence-electron chi connectivity index (χ3n) is 3.46. The molecule has 1 saturated heterocycles. The minimum atomic E-state index is 0.498. The van der Waals surface area contributed by atoms with Crippen LogP contribution in [0.5, 0.6) is 0 Å². The summed E-state index contributed by atoms with van der Waals surface area (Å²) >= 11 is 0. The van der Waals surface area contributed by atoms with Crippen LogP contribution in [0.1, 0.15) is 11.1 Å². The molecule has 2 heterocycles. The van der Waals surface area contributed by atoms with E-state index in [9.17, 15) is 0 Å². The lowest BCUT2D eigenvalue weighted by molar-refractivity contribution is 0.109. The summed E-state index contributed by atoms with van der Waals surface area (Å²) < 4.78 is 5.76. The smallest absolute Gasteiger partial charge is 0.0738 e. The third-order valence-corrected chi connectivity index (χ3v) is 3.46. The predicted molar refractivity (Wildman–Crippen MR) is 64.8 cm³/mol. The van der Waals surface area contributed by atoms with Gasteiger partial charge in [0.05, 0.1) is 19.3 Å². The molecular formula is C13H18N2O. The molecule has 3 rings (SSSR count). The summed E-state index contributed by atoms with van der Waals surface area (Å²) in [6.45, 7) is 6.92. The van der Waals surface area contributed by atoms with Crippen LogP contribution in [0.3, 0.4) is 0 Å². The molecular weight excluding hydrogens is 200 g/mol. The lowest BCUT2D eigenvalue weighted by Gasteiger charge is -2.36. The zero-order valence-corrected chi connectivity index (χ0v) is 9.70. The molecule has 3 heteroatoms. The van der Waals surface area contributed by atoms with Crippen molar-refractivity contribution in [1.82, 2.24) is 5.32 Å². The van der Waals surface area contributed by atoms with Crippen molar-refractivity contribution in [2.24, 2.45) is 0 Å². The zero-order valence-electron chi connectivity index (χ0n) is 9.70. The second kappa shape index (κ2) is 4.07. The predicted octanol–water partition coefficient (Wildman–Crippen LogP) is 1.30. The number of hydrogen-bond donors (Lipinski definition) is 1. The van der Waals surface area contributed by atoms with Gasteiger partial charge in [0, 0.05) is 30.9 Å². The summed E-state index contributed by atoms with van der Waals surface area (Å²) in [4.78, 5) is 2.50. The van der Waals surface area contributed by atoms with E-state index in [0.717, 1.165) is 32.8 Å². The molecule has 1 N–H and O–H groups in total. The number of ether oxygens (including phenoxy) is 1. The van der Waals surface area contributed by atoms with Crippen molar-refractivity contribution >= 4 is 5.69 Å². The highest BCUT2D eigenvalue weighted by Gasteiger charge is 2.26. The molecule has 3 nitrogen and oxygen atoms in total. The first-order chi connectivity index (χ1) is 7.84. The Hall–Kier alpha value is -1.06. The van der Waals surface area contributed by atoms with Crippen LogP contribution in [0.4, 0.5) is 5.69 Å². The van der Waals surface area contributed by atoms with Gasteiger partial charge in [-0.25, -0.2) is 0 Å². The summed E-state index contributed by atoms with van der Waals surface area (Å²) in [6.07, 6.45) is 0. The van der Waals surface area contributed by atoms with Crippen molar-refractivity contribution in [1.29, 1.82) is 0 Å². The van der Waals surface area contributed by atoms with Gasteiger partial charge in [-0.2, -0.15) is 0 Å². The van der Waals surface area contributed by atoms with Crippen LogP contribution < -0.4 is 10.2 Å². The number of anilines is 1. The molecule has 0 aliphatic carbocycles. The largest absolute Gasteiger partial charge is 0.375 e. The highest BCUT2D eigenvalue weighted by molar-refractivity contribution is 5.56. The first-order valence-corrected chi connectivity index (χ1v) is 5.99. The van der Waals surface area contributed by atoms with Gasteiger partial charge in [0.25, 0.3) is 0 Å². The molecule has 1 unspecified atom stereocenters. The van der Waals surface area contributed by atoms with Crippen molar-refractivity contribution < 1.29 is 4.74 Å². The molecule has 2 aliphatic rings. The van der Waals surface area contributed by atoms with E-state index in [1.807, 2.05) is 0 Å². The Morgan fingerprint density at radius 1 is 1.44 bits per heavy atom. The number of hydrogen-bond acceptors (Lipinski definition) is 3. The highest BCUT2D eigenvalue weighted by Crippen LogP contribution is 2.28. The van der Waals surface area contributed by atoms with E-state index in [0.29, 0.717) is 6.04 Å². The van der Waals surface area contributed by atoms with Crippen LogP contribution in [-0.2, 0) is 11.3 Å². The summed E-state index contributed by atoms with van der Waals surface area (Å²) in [5.74, 6) is 0. The molecule has 0 aromatic heterocycles. The number of rotatable bonds is 0. The Labute approximate surface area is 96.4 Å². The quantitative estimate of drug-likeness (QED) is 0.710. The van der Waals surface area contributed by atoms with Crippen LogP contribution >= 0.6 is 0 Å². The van der Waals surface area contributed by atoms with Gasteiger partial charge in [-0.05, 0) is 13.0 Å². The van der Waals surface area contributed by atoms with Crippen LogP contribution in [0, 0.1) is 6.92 Å². The van der Waals surface area contributed by atoms with Crippen molar-refractivity contribution in [2.45, 2.75) is 19.6 Å². The molecule has 0 saturated carbocycles. The Morgan fingerprint density at radius 2 is 2.38 bits per heavy atom. The average Bonchev–Trinajstić information content (AvgIpc) is 2.47. The highest BCUT2D eigenvalue weighted by atomic mass is 16.5. The summed E-state index contributed by atoms with van der Waals surface area (Å²) in [6, 6.07) is 7.19. The SMILES string of the molecule is Cc1ccc2c(c1)COCC1CNCCN21. The molecule has 0 amide bonds. The second-order valence-corrected chi connectivity index (χ2v) is 4.70. The molecule has 16 heavy (non-hydrogen) atoms. The minimum absolute atomic E-state index is 0.498. The maximum Gasteiger partial charge on any atom is 0.0738 e. The first kappa shape index (κ1) is 10.1. The number of benzene rings is 1. The number of aryl methyl sites for hydroxylation is 1. The van der Waals surface area contributed by atoms with E-state index < -0.39 is 0 Å². The molecule has 1 aromatic carbocycles. The van der Waals surface area contributed by atoms with Gasteiger partial charge >= 0.3 is 0 Å². The lowest BCUT2D eigenvalue weighted by atomic mass is 10.1.